The molecule has 0 saturated carbocycles. The fourth-order valence-corrected chi connectivity index (χ4v) is 3.77. The van der Waals surface area contributed by atoms with E-state index in [1.54, 1.807) is 36.2 Å². The number of urea groups is 1. The molecule has 0 spiro atoms. The van der Waals surface area contributed by atoms with E-state index in [1.165, 1.54) is 6.26 Å². The van der Waals surface area contributed by atoms with Gasteiger partial charge in [0.05, 0.1) is 23.6 Å². The van der Waals surface area contributed by atoms with Crippen LogP contribution < -0.4 is 10.1 Å². The van der Waals surface area contributed by atoms with Crippen LogP contribution in [0.4, 0.5) is 4.79 Å². The van der Waals surface area contributed by atoms with Gasteiger partial charge in [-0.15, -0.1) is 0 Å². The number of benzene rings is 2. The molecular formula is C20H24N2O4S. The maximum absolute atomic E-state index is 12.7. The van der Waals surface area contributed by atoms with Gasteiger partial charge in [-0.05, 0) is 30.7 Å². The number of nitrogens with one attached hydrogen (secondary N) is 1. The van der Waals surface area contributed by atoms with Crippen molar-refractivity contribution >= 4 is 15.9 Å². The standard InChI is InChI=1S/C20H24N2O4S/c1-14(15-8-10-16(11-9-15)27(3,24)25)22(2)20(23)21-18-12-13-26-19-7-5-4-6-17(18)19/h4-11,14,18H,12-13H2,1-3H3,(H,21,23)/t14-,18+/m0/s1. The highest BCUT2D eigenvalue weighted by molar-refractivity contribution is 7.90. The Hall–Kier alpha value is -2.54. The zero-order valence-electron chi connectivity index (χ0n) is 15.7. The number of hydrogen-bond acceptors (Lipinski definition) is 4. The van der Waals surface area contributed by atoms with Crippen molar-refractivity contribution in [3.8, 4) is 5.75 Å². The third-order valence-corrected chi connectivity index (χ3v) is 6.08. The predicted molar refractivity (Wildman–Crippen MR) is 104 cm³/mol. The Kier molecular flexibility index (Phi) is 5.41. The molecule has 2 amide bonds. The van der Waals surface area contributed by atoms with E-state index < -0.39 is 9.84 Å². The maximum atomic E-state index is 12.7. The van der Waals surface area contributed by atoms with Crippen LogP contribution in [-0.4, -0.2) is 39.3 Å². The van der Waals surface area contributed by atoms with Gasteiger partial charge in [0.25, 0.3) is 0 Å². The lowest BCUT2D eigenvalue weighted by atomic mass is 10.0. The van der Waals surface area contributed by atoms with Crippen molar-refractivity contribution in [2.24, 2.45) is 0 Å². The van der Waals surface area contributed by atoms with Crippen molar-refractivity contribution in [2.45, 2.75) is 30.3 Å². The van der Waals surface area contributed by atoms with Crippen LogP contribution in [0.25, 0.3) is 0 Å². The smallest absolute Gasteiger partial charge is 0.318 e. The van der Waals surface area contributed by atoms with Gasteiger partial charge in [0.2, 0.25) is 0 Å². The van der Waals surface area contributed by atoms with E-state index in [9.17, 15) is 13.2 Å². The minimum atomic E-state index is -3.23. The number of amides is 2. The Labute approximate surface area is 160 Å². The summed E-state index contributed by atoms with van der Waals surface area (Å²) in [5.41, 5.74) is 1.85. The molecule has 0 saturated heterocycles. The summed E-state index contributed by atoms with van der Waals surface area (Å²) in [6.07, 6.45) is 1.89. The molecule has 7 heteroatoms. The van der Waals surface area contributed by atoms with E-state index in [4.69, 9.17) is 4.74 Å². The third kappa shape index (κ3) is 4.24. The van der Waals surface area contributed by atoms with Crippen LogP contribution >= 0.6 is 0 Å². The van der Waals surface area contributed by atoms with Gasteiger partial charge in [-0.3, -0.25) is 0 Å². The molecule has 1 heterocycles. The summed E-state index contributed by atoms with van der Waals surface area (Å²) in [6.45, 7) is 2.47. The molecule has 1 aliphatic heterocycles. The number of hydrogen-bond donors (Lipinski definition) is 1. The summed E-state index contributed by atoms with van der Waals surface area (Å²) in [5.74, 6) is 0.807. The first-order valence-corrected chi connectivity index (χ1v) is 10.7. The number of carbonyl (C=O) groups excluding carboxylic acids is 1. The number of rotatable bonds is 4. The number of fused-ring (bicyclic) bond motifs is 1. The lowest BCUT2D eigenvalue weighted by Gasteiger charge is -2.31. The second-order valence-electron chi connectivity index (χ2n) is 6.81. The van der Waals surface area contributed by atoms with Crippen molar-refractivity contribution in [3.05, 3.63) is 59.7 Å². The van der Waals surface area contributed by atoms with E-state index in [1.807, 2.05) is 31.2 Å². The molecule has 144 valence electrons. The minimum absolute atomic E-state index is 0.0929. The molecular weight excluding hydrogens is 364 g/mol. The van der Waals surface area contributed by atoms with Gasteiger partial charge in [0.1, 0.15) is 5.75 Å². The molecule has 0 aliphatic carbocycles. The average molecular weight is 388 g/mol. The first-order chi connectivity index (χ1) is 12.8. The first kappa shape index (κ1) is 19.2. The molecule has 0 aromatic heterocycles. The van der Waals surface area contributed by atoms with Crippen LogP contribution in [0.2, 0.25) is 0 Å². The molecule has 27 heavy (non-hydrogen) atoms. The summed E-state index contributed by atoms with van der Waals surface area (Å²) in [6, 6.07) is 13.9. The van der Waals surface area contributed by atoms with Crippen molar-refractivity contribution in [1.82, 2.24) is 10.2 Å². The van der Waals surface area contributed by atoms with E-state index in [2.05, 4.69) is 5.32 Å². The number of nitrogens with zero attached hydrogens (tertiary/aromatic N) is 1. The molecule has 2 aromatic carbocycles. The molecule has 0 unspecified atom stereocenters. The molecule has 2 aromatic rings. The van der Waals surface area contributed by atoms with Crippen LogP contribution in [0.15, 0.2) is 53.4 Å². The third-order valence-electron chi connectivity index (χ3n) is 4.95. The monoisotopic (exact) mass is 388 g/mol. The SMILES string of the molecule is C[C@@H](c1ccc(S(C)(=O)=O)cc1)N(C)C(=O)N[C@@H]1CCOc2ccccc21. The van der Waals surface area contributed by atoms with Crippen LogP contribution in [0.5, 0.6) is 5.75 Å². The van der Waals surface area contributed by atoms with Crippen molar-refractivity contribution in [2.75, 3.05) is 19.9 Å². The maximum Gasteiger partial charge on any atom is 0.318 e. The van der Waals surface area contributed by atoms with E-state index in [0.717, 1.165) is 16.9 Å². The minimum Gasteiger partial charge on any atom is -0.493 e. The predicted octanol–water partition coefficient (Wildman–Crippen LogP) is 3.32. The van der Waals surface area contributed by atoms with Gasteiger partial charge in [-0.1, -0.05) is 30.3 Å². The zero-order chi connectivity index (χ0) is 19.6. The van der Waals surface area contributed by atoms with E-state index in [-0.39, 0.29) is 23.0 Å². The van der Waals surface area contributed by atoms with Gasteiger partial charge in [0, 0.05) is 25.3 Å². The van der Waals surface area contributed by atoms with E-state index in [0.29, 0.717) is 13.0 Å². The molecule has 0 radical (unpaired) electrons. The quantitative estimate of drug-likeness (QED) is 0.872. The Balaban J connectivity index is 1.70. The van der Waals surface area contributed by atoms with Crippen LogP contribution in [-0.2, 0) is 9.84 Å². The molecule has 0 bridgehead atoms. The fraction of sp³-hybridized carbons (Fsp3) is 0.350. The summed E-state index contributed by atoms with van der Waals surface area (Å²) < 4.78 is 28.8. The van der Waals surface area contributed by atoms with E-state index >= 15 is 0 Å². The summed E-state index contributed by atoms with van der Waals surface area (Å²) in [5, 5.41) is 3.07. The largest absolute Gasteiger partial charge is 0.493 e. The first-order valence-electron chi connectivity index (χ1n) is 8.82. The summed E-state index contributed by atoms with van der Waals surface area (Å²) >= 11 is 0. The fourth-order valence-electron chi connectivity index (χ4n) is 3.14. The van der Waals surface area contributed by atoms with Crippen molar-refractivity contribution in [3.63, 3.8) is 0 Å². The van der Waals surface area contributed by atoms with Crippen LogP contribution in [0.3, 0.4) is 0 Å². The number of sulfone groups is 1. The topological polar surface area (TPSA) is 75.7 Å². The van der Waals surface area contributed by atoms with Gasteiger partial charge in [-0.2, -0.15) is 0 Å². The highest BCUT2D eigenvalue weighted by Gasteiger charge is 2.25. The van der Waals surface area contributed by atoms with Gasteiger partial charge >= 0.3 is 6.03 Å². The second kappa shape index (κ2) is 7.60. The molecule has 1 N–H and O–H groups in total. The van der Waals surface area contributed by atoms with Gasteiger partial charge in [-0.25, -0.2) is 13.2 Å². The molecule has 6 nitrogen and oxygen atoms in total. The Morgan fingerprint density at radius 1 is 1.19 bits per heavy atom. The lowest BCUT2D eigenvalue weighted by Crippen LogP contribution is -2.41. The number of ether oxygens (including phenoxy) is 1. The van der Waals surface area contributed by atoms with Gasteiger partial charge < -0.3 is 15.0 Å². The summed E-state index contributed by atoms with van der Waals surface area (Å²) in [7, 11) is -1.50. The second-order valence-corrected chi connectivity index (χ2v) is 8.82. The van der Waals surface area contributed by atoms with Crippen LogP contribution in [0, 0.1) is 0 Å². The Morgan fingerprint density at radius 3 is 2.52 bits per heavy atom. The lowest BCUT2D eigenvalue weighted by molar-refractivity contribution is 0.183. The van der Waals surface area contributed by atoms with Gasteiger partial charge in [0.15, 0.2) is 9.84 Å². The average Bonchev–Trinajstić information content (AvgIpc) is 2.66. The number of carbonyl (C=O) groups is 1. The zero-order valence-corrected chi connectivity index (χ0v) is 16.5. The molecule has 3 rings (SSSR count). The highest BCUT2D eigenvalue weighted by Crippen LogP contribution is 2.32. The van der Waals surface area contributed by atoms with Crippen LogP contribution in [0.1, 0.15) is 36.6 Å². The highest BCUT2D eigenvalue weighted by atomic mass is 32.2. The number of para-hydroxylation sites is 1. The Morgan fingerprint density at radius 2 is 1.85 bits per heavy atom. The normalized spacial score (nSPS) is 17.4. The molecule has 1 aliphatic rings. The van der Waals surface area contributed by atoms with Crippen molar-refractivity contribution < 1.29 is 17.9 Å². The Bertz CT molecular complexity index is 925. The molecule has 0 fully saturated rings. The summed E-state index contributed by atoms with van der Waals surface area (Å²) in [4.78, 5) is 14.6. The van der Waals surface area contributed by atoms with Crippen molar-refractivity contribution in [1.29, 1.82) is 0 Å². The molecule has 2 atom stereocenters.